The van der Waals surface area contributed by atoms with Gasteiger partial charge in [-0.2, -0.15) is 0 Å². The number of aromatic nitrogens is 2. The summed E-state index contributed by atoms with van der Waals surface area (Å²) in [5.41, 5.74) is 5.03. The first-order valence-corrected chi connectivity index (χ1v) is 11.6. The van der Waals surface area contributed by atoms with Crippen LogP contribution in [0, 0.1) is 0 Å². The van der Waals surface area contributed by atoms with E-state index >= 15 is 0 Å². The molecule has 1 aliphatic carbocycles. The Labute approximate surface area is 181 Å². The van der Waals surface area contributed by atoms with Crippen molar-refractivity contribution in [3.63, 3.8) is 0 Å². The van der Waals surface area contributed by atoms with Crippen molar-refractivity contribution >= 4 is 32.3 Å². The molecule has 5 rings (SSSR count). The first-order chi connectivity index (χ1) is 15.1. The number of hydrogen-bond donors (Lipinski definition) is 2. The van der Waals surface area contributed by atoms with Crippen LogP contribution in [-0.2, 0) is 10.0 Å². The number of nitrogens with zero attached hydrogens (tertiary/aromatic N) is 1. The van der Waals surface area contributed by atoms with Gasteiger partial charge in [-0.1, -0.05) is 54.6 Å². The molecule has 31 heavy (non-hydrogen) atoms. The fourth-order valence-electron chi connectivity index (χ4n) is 3.72. The Morgan fingerprint density at radius 2 is 1.65 bits per heavy atom. The summed E-state index contributed by atoms with van der Waals surface area (Å²) in [4.78, 5) is 8.09. The maximum Gasteiger partial charge on any atom is 0.261 e. The summed E-state index contributed by atoms with van der Waals surface area (Å²) >= 11 is 0. The van der Waals surface area contributed by atoms with E-state index in [2.05, 4.69) is 32.9 Å². The Hall–Kier alpha value is -3.64. The molecule has 5 nitrogen and oxygen atoms in total. The van der Waals surface area contributed by atoms with Crippen molar-refractivity contribution in [2.45, 2.75) is 17.7 Å². The van der Waals surface area contributed by atoms with Crippen molar-refractivity contribution in [3.8, 4) is 11.4 Å². The van der Waals surface area contributed by atoms with Gasteiger partial charge in [-0.15, -0.1) is 0 Å². The molecule has 1 aromatic heterocycles. The van der Waals surface area contributed by atoms with Crippen LogP contribution in [0.4, 0.5) is 5.69 Å². The average Bonchev–Trinajstić information content (AvgIpc) is 3.24. The van der Waals surface area contributed by atoms with E-state index in [1.807, 2.05) is 48.5 Å². The van der Waals surface area contributed by atoms with E-state index in [9.17, 15) is 8.42 Å². The van der Waals surface area contributed by atoms with E-state index in [1.54, 1.807) is 24.3 Å². The second-order valence-corrected chi connectivity index (χ2v) is 9.10. The average molecular weight is 428 g/mol. The van der Waals surface area contributed by atoms with Gasteiger partial charge in [0.25, 0.3) is 10.0 Å². The minimum Gasteiger partial charge on any atom is -0.338 e. The van der Waals surface area contributed by atoms with Gasteiger partial charge in [-0.3, -0.25) is 4.72 Å². The van der Waals surface area contributed by atoms with Crippen molar-refractivity contribution < 1.29 is 8.42 Å². The van der Waals surface area contributed by atoms with Crippen LogP contribution in [0.25, 0.3) is 28.0 Å². The van der Waals surface area contributed by atoms with E-state index in [0.717, 1.165) is 35.0 Å². The number of allylic oxidation sites excluding steroid dienone is 4. The zero-order valence-electron chi connectivity index (χ0n) is 16.7. The van der Waals surface area contributed by atoms with E-state index in [-0.39, 0.29) is 4.90 Å². The van der Waals surface area contributed by atoms with E-state index in [4.69, 9.17) is 0 Å². The number of aromatic amines is 1. The largest absolute Gasteiger partial charge is 0.338 e. The van der Waals surface area contributed by atoms with Gasteiger partial charge in [0, 0.05) is 5.56 Å². The Bertz CT molecular complexity index is 1380. The van der Waals surface area contributed by atoms with E-state index in [1.165, 1.54) is 0 Å². The molecule has 0 bridgehead atoms. The van der Waals surface area contributed by atoms with Crippen LogP contribution in [0.15, 0.2) is 95.9 Å². The topological polar surface area (TPSA) is 74.8 Å². The van der Waals surface area contributed by atoms with Gasteiger partial charge in [0.1, 0.15) is 5.82 Å². The molecule has 1 heterocycles. The number of imidazole rings is 1. The summed E-state index contributed by atoms with van der Waals surface area (Å²) in [5.74, 6) is 0.617. The number of sulfonamides is 1. The molecule has 4 aromatic rings. The second kappa shape index (κ2) is 7.89. The molecule has 0 saturated carbocycles. The van der Waals surface area contributed by atoms with Crippen LogP contribution >= 0.6 is 0 Å². The summed E-state index contributed by atoms with van der Waals surface area (Å²) < 4.78 is 28.9. The third-order valence-corrected chi connectivity index (χ3v) is 6.69. The highest BCUT2D eigenvalue weighted by atomic mass is 32.2. The predicted octanol–water partition coefficient (Wildman–Crippen LogP) is 5.76. The highest BCUT2D eigenvalue weighted by molar-refractivity contribution is 7.92. The number of H-pyrrole nitrogens is 1. The van der Waals surface area contributed by atoms with Crippen molar-refractivity contribution in [2.75, 3.05) is 4.72 Å². The molecule has 3 aromatic carbocycles. The number of nitrogens with one attached hydrogen (secondary N) is 2. The van der Waals surface area contributed by atoms with Gasteiger partial charge in [-0.05, 0) is 60.4 Å². The number of anilines is 1. The van der Waals surface area contributed by atoms with Gasteiger partial charge < -0.3 is 4.98 Å². The van der Waals surface area contributed by atoms with Gasteiger partial charge in [0.15, 0.2) is 0 Å². The van der Waals surface area contributed by atoms with Gasteiger partial charge in [-0.25, -0.2) is 13.4 Å². The van der Waals surface area contributed by atoms with E-state index < -0.39 is 10.0 Å². The fraction of sp³-hybridized carbons (Fsp3) is 0.0800. The molecular formula is C25H21N3O2S. The lowest BCUT2D eigenvalue weighted by molar-refractivity contribution is 0.601. The predicted molar refractivity (Wildman–Crippen MR) is 125 cm³/mol. The van der Waals surface area contributed by atoms with Crippen LogP contribution < -0.4 is 4.72 Å². The quantitative estimate of drug-likeness (QED) is 0.425. The monoisotopic (exact) mass is 427 g/mol. The van der Waals surface area contributed by atoms with Crippen molar-refractivity contribution in [1.82, 2.24) is 9.97 Å². The molecule has 0 atom stereocenters. The molecular weight excluding hydrogens is 406 g/mol. The van der Waals surface area contributed by atoms with Crippen LogP contribution in [0.2, 0.25) is 0 Å². The molecule has 1 aliphatic rings. The van der Waals surface area contributed by atoms with Crippen molar-refractivity contribution in [3.05, 3.63) is 96.6 Å². The van der Waals surface area contributed by atoms with Crippen molar-refractivity contribution in [1.29, 1.82) is 0 Å². The first-order valence-electron chi connectivity index (χ1n) is 10.1. The Kier molecular flexibility index (Phi) is 4.92. The minimum atomic E-state index is -3.75. The van der Waals surface area contributed by atoms with Crippen LogP contribution in [0.3, 0.4) is 0 Å². The Balaban J connectivity index is 1.45. The lowest BCUT2D eigenvalue weighted by Gasteiger charge is -2.12. The first kappa shape index (κ1) is 19.3. The molecule has 0 amide bonds. The van der Waals surface area contributed by atoms with Gasteiger partial charge in [0.2, 0.25) is 0 Å². The standard InChI is InChI=1S/C25H21N3O2S/c29-31(30,20-16-14-19(15-17-20)18-8-2-1-3-9-18)28-22-11-5-4-10-21(22)25-26-23-12-6-7-13-24(23)27-25/h2,4-17,28H,1,3H2,(H,26,27). The lowest BCUT2D eigenvalue weighted by atomic mass is 10.00. The van der Waals surface area contributed by atoms with Crippen LogP contribution in [0.1, 0.15) is 18.4 Å². The number of hydrogen-bond acceptors (Lipinski definition) is 3. The molecule has 6 heteroatoms. The second-order valence-electron chi connectivity index (χ2n) is 7.42. The highest BCUT2D eigenvalue weighted by Gasteiger charge is 2.18. The molecule has 0 unspecified atom stereocenters. The zero-order chi connectivity index (χ0) is 21.3. The summed E-state index contributed by atoms with van der Waals surface area (Å²) in [5, 5.41) is 0. The maximum atomic E-state index is 13.1. The number of benzene rings is 3. The van der Waals surface area contributed by atoms with Gasteiger partial charge in [0.05, 0.1) is 21.6 Å². The summed E-state index contributed by atoms with van der Waals surface area (Å²) in [7, 11) is -3.75. The molecule has 0 fully saturated rings. The molecule has 0 radical (unpaired) electrons. The minimum absolute atomic E-state index is 0.219. The zero-order valence-corrected chi connectivity index (χ0v) is 17.6. The third-order valence-electron chi connectivity index (χ3n) is 5.31. The van der Waals surface area contributed by atoms with E-state index in [0.29, 0.717) is 17.1 Å². The molecule has 0 spiro atoms. The van der Waals surface area contributed by atoms with Crippen LogP contribution in [0.5, 0.6) is 0 Å². The molecule has 0 saturated heterocycles. The highest BCUT2D eigenvalue weighted by Crippen LogP contribution is 2.30. The lowest BCUT2D eigenvalue weighted by Crippen LogP contribution is -2.13. The number of rotatable bonds is 5. The smallest absolute Gasteiger partial charge is 0.261 e. The third kappa shape index (κ3) is 3.90. The number of fused-ring (bicyclic) bond motifs is 1. The fourth-order valence-corrected chi connectivity index (χ4v) is 4.80. The summed E-state index contributed by atoms with van der Waals surface area (Å²) in [6.07, 6.45) is 8.44. The summed E-state index contributed by atoms with van der Waals surface area (Å²) in [6.45, 7) is 0. The number of para-hydroxylation sites is 3. The SMILES string of the molecule is O=S(=O)(Nc1ccccc1-c1nc2ccccc2[nH]1)c1ccc(C2=CCCC=C2)cc1. The Morgan fingerprint density at radius 1 is 0.871 bits per heavy atom. The van der Waals surface area contributed by atoms with Gasteiger partial charge >= 0.3 is 0 Å². The summed E-state index contributed by atoms with van der Waals surface area (Å²) in [6, 6.07) is 21.9. The normalized spacial score (nSPS) is 13.9. The Morgan fingerprint density at radius 3 is 2.42 bits per heavy atom. The molecule has 2 N–H and O–H groups in total. The van der Waals surface area contributed by atoms with Crippen molar-refractivity contribution in [2.24, 2.45) is 0 Å². The molecule has 154 valence electrons. The molecule has 0 aliphatic heterocycles. The van der Waals surface area contributed by atoms with Crippen LogP contribution in [-0.4, -0.2) is 18.4 Å². The maximum absolute atomic E-state index is 13.1.